The summed E-state index contributed by atoms with van der Waals surface area (Å²) in [6.07, 6.45) is 4.57. The first-order valence-electron chi connectivity index (χ1n) is 7.40. The second-order valence-corrected chi connectivity index (χ2v) is 6.60. The number of thiophene rings is 1. The van der Waals surface area contributed by atoms with E-state index in [2.05, 4.69) is 10.9 Å². The van der Waals surface area contributed by atoms with Crippen LogP contribution in [0.1, 0.15) is 54.6 Å². The number of carboxylic acids is 1. The summed E-state index contributed by atoms with van der Waals surface area (Å²) in [7, 11) is 0. The molecule has 1 aromatic heterocycles. The van der Waals surface area contributed by atoms with Gasteiger partial charge in [-0.15, -0.1) is 11.3 Å². The van der Waals surface area contributed by atoms with E-state index in [-0.39, 0.29) is 6.42 Å². The molecule has 0 unspecified atom stereocenters. The maximum absolute atomic E-state index is 12.0. The van der Waals surface area contributed by atoms with Gasteiger partial charge in [-0.3, -0.25) is 25.2 Å². The van der Waals surface area contributed by atoms with E-state index in [0.717, 1.165) is 25.7 Å². The van der Waals surface area contributed by atoms with Crippen molar-refractivity contribution in [2.24, 2.45) is 5.41 Å². The summed E-state index contributed by atoms with van der Waals surface area (Å²) < 4.78 is 0. The molecule has 0 atom stereocenters. The molecule has 2 rings (SSSR count). The van der Waals surface area contributed by atoms with E-state index in [4.69, 9.17) is 0 Å². The van der Waals surface area contributed by atoms with Crippen LogP contribution in [0.4, 0.5) is 0 Å². The van der Waals surface area contributed by atoms with E-state index in [1.165, 1.54) is 11.3 Å². The Hall–Kier alpha value is -1.89. The molecule has 120 valence electrons. The summed E-state index contributed by atoms with van der Waals surface area (Å²) in [6.45, 7) is 0. The second kappa shape index (κ2) is 7.40. The lowest BCUT2D eigenvalue weighted by Crippen LogP contribution is -2.45. The molecule has 3 N–H and O–H groups in total. The molecule has 22 heavy (non-hydrogen) atoms. The molecule has 1 fully saturated rings. The Labute approximate surface area is 132 Å². The number of rotatable bonds is 4. The van der Waals surface area contributed by atoms with E-state index < -0.39 is 23.2 Å². The average molecular weight is 324 g/mol. The summed E-state index contributed by atoms with van der Waals surface area (Å²) in [6, 6.07) is 3.39. The van der Waals surface area contributed by atoms with Crippen molar-refractivity contribution in [3.05, 3.63) is 22.4 Å². The molecule has 0 bridgehead atoms. The summed E-state index contributed by atoms with van der Waals surface area (Å²) in [5.74, 6) is -1.78. The molecule has 6 nitrogen and oxygen atoms in total. The zero-order chi connectivity index (χ0) is 16.0. The van der Waals surface area contributed by atoms with Crippen LogP contribution in [-0.2, 0) is 9.59 Å². The van der Waals surface area contributed by atoms with Crippen molar-refractivity contribution in [1.82, 2.24) is 10.9 Å². The number of amides is 2. The highest BCUT2D eigenvalue weighted by Crippen LogP contribution is 2.38. The SMILES string of the molecule is O=C(CC1(C(=O)O)CCCCCC1)NNC(=O)c1cccs1. The third kappa shape index (κ3) is 4.07. The Bertz CT molecular complexity index is 534. The van der Waals surface area contributed by atoms with E-state index in [1.54, 1.807) is 17.5 Å². The molecule has 0 spiro atoms. The molecule has 1 heterocycles. The van der Waals surface area contributed by atoms with E-state index in [1.807, 2.05) is 0 Å². The van der Waals surface area contributed by atoms with Gasteiger partial charge in [0.15, 0.2) is 0 Å². The summed E-state index contributed by atoms with van der Waals surface area (Å²) in [4.78, 5) is 35.9. The fourth-order valence-corrected chi connectivity index (χ4v) is 3.44. The zero-order valence-electron chi connectivity index (χ0n) is 12.3. The molecule has 1 aliphatic rings. The Morgan fingerprint density at radius 1 is 1.14 bits per heavy atom. The van der Waals surface area contributed by atoms with Gasteiger partial charge in [-0.25, -0.2) is 0 Å². The van der Waals surface area contributed by atoms with Crippen LogP contribution in [0.2, 0.25) is 0 Å². The predicted molar refractivity (Wildman–Crippen MR) is 82.3 cm³/mol. The summed E-state index contributed by atoms with van der Waals surface area (Å²) >= 11 is 1.27. The third-order valence-corrected chi connectivity index (χ3v) is 4.94. The fourth-order valence-electron chi connectivity index (χ4n) is 2.82. The smallest absolute Gasteiger partial charge is 0.310 e. The molecule has 0 saturated heterocycles. The molecule has 1 aliphatic carbocycles. The minimum absolute atomic E-state index is 0.104. The highest BCUT2D eigenvalue weighted by Gasteiger charge is 2.40. The molecule has 0 aliphatic heterocycles. The molecule has 1 saturated carbocycles. The minimum atomic E-state index is -1.01. The summed E-state index contributed by atoms with van der Waals surface area (Å²) in [5, 5.41) is 11.3. The normalized spacial score (nSPS) is 17.3. The van der Waals surface area contributed by atoms with E-state index in [9.17, 15) is 19.5 Å². The number of hydrogen-bond acceptors (Lipinski definition) is 4. The number of hydrazine groups is 1. The molecule has 7 heteroatoms. The van der Waals surface area contributed by atoms with Gasteiger partial charge in [0, 0.05) is 6.42 Å². The van der Waals surface area contributed by atoms with Crippen molar-refractivity contribution in [2.75, 3.05) is 0 Å². The van der Waals surface area contributed by atoms with Crippen molar-refractivity contribution < 1.29 is 19.5 Å². The Morgan fingerprint density at radius 2 is 1.82 bits per heavy atom. The Morgan fingerprint density at radius 3 is 2.36 bits per heavy atom. The topological polar surface area (TPSA) is 95.5 Å². The third-order valence-electron chi connectivity index (χ3n) is 4.07. The minimum Gasteiger partial charge on any atom is -0.481 e. The van der Waals surface area contributed by atoms with Crippen molar-refractivity contribution in [1.29, 1.82) is 0 Å². The van der Waals surface area contributed by atoms with Crippen LogP contribution in [0.5, 0.6) is 0 Å². The molecule has 1 aromatic rings. The number of hydrogen-bond donors (Lipinski definition) is 3. The first kappa shape index (κ1) is 16.5. The van der Waals surface area contributed by atoms with Gasteiger partial charge in [-0.2, -0.15) is 0 Å². The van der Waals surface area contributed by atoms with Gasteiger partial charge in [-0.1, -0.05) is 31.7 Å². The lowest BCUT2D eigenvalue weighted by atomic mass is 9.77. The molecule has 2 amide bonds. The number of carboxylic acid groups (broad SMARTS) is 1. The molecular weight excluding hydrogens is 304 g/mol. The first-order valence-corrected chi connectivity index (χ1v) is 8.28. The standard InChI is InChI=1S/C15H20N2O4S/c18-12(16-17-13(19)11-6-5-9-22-11)10-15(14(20)21)7-3-1-2-4-8-15/h5-6,9H,1-4,7-8,10H2,(H,16,18)(H,17,19)(H,20,21). The highest BCUT2D eigenvalue weighted by molar-refractivity contribution is 7.12. The largest absolute Gasteiger partial charge is 0.481 e. The average Bonchev–Trinajstić information content (AvgIpc) is 2.92. The van der Waals surface area contributed by atoms with Crippen molar-refractivity contribution in [3.8, 4) is 0 Å². The van der Waals surface area contributed by atoms with Crippen molar-refractivity contribution in [2.45, 2.75) is 44.9 Å². The number of aliphatic carboxylic acids is 1. The highest BCUT2D eigenvalue weighted by atomic mass is 32.1. The van der Waals surface area contributed by atoms with Crippen LogP contribution in [0, 0.1) is 5.41 Å². The van der Waals surface area contributed by atoms with Gasteiger partial charge in [0.25, 0.3) is 5.91 Å². The van der Waals surface area contributed by atoms with Crippen LogP contribution < -0.4 is 10.9 Å². The first-order chi connectivity index (χ1) is 10.5. The lowest BCUT2D eigenvalue weighted by molar-refractivity contribution is -0.153. The van der Waals surface area contributed by atoms with Gasteiger partial charge < -0.3 is 5.11 Å². The van der Waals surface area contributed by atoms with Gasteiger partial charge >= 0.3 is 5.97 Å². The van der Waals surface area contributed by atoms with Crippen LogP contribution in [0.3, 0.4) is 0 Å². The number of carbonyl (C=O) groups excluding carboxylic acids is 2. The van der Waals surface area contributed by atoms with E-state index in [0.29, 0.717) is 17.7 Å². The van der Waals surface area contributed by atoms with Crippen LogP contribution in [-0.4, -0.2) is 22.9 Å². The second-order valence-electron chi connectivity index (χ2n) is 5.66. The van der Waals surface area contributed by atoms with Crippen LogP contribution >= 0.6 is 11.3 Å². The maximum atomic E-state index is 12.0. The van der Waals surface area contributed by atoms with Gasteiger partial charge in [-0.05, 0) is 24.3 Å². The Kier molecular flexibility index (Phi) is 5.54. The number of nitrogens with one attached hydrogen (secondary N) is 2. The van der Waals surface area contributed by atoms with Crippen LogP contribution in [0.25, 0.3) is 0 Å². The molecular formula is C15H20N2O4S. The summed E-state index contributed by atoms with van der Waals surface area (Å²) in [5.41, 5.74) is 3.64. The van der Waals surface area contributed by atoms with Crippen LogP contribution in [0.15, 0.2) is 17.5 Å². The number of carbonyl (C=O) groups is 3. The Balaban J connectivity index is 1.91. The lowest BCUT2D eigenvalue weighted by Gasteiger charge is -2.27. The quantitative estimate of drug-likeness (QED) is 0.585. The van der Waals surface area contributed by atoms with Gasteiger partial charge in [0.1, 0.15) is 0 Å². The zero-order valence-corrected chi connectivity index (χ0v) is 13.1. The molecule has 0 radical (unpaired) electrons. The maximum Gasteiger partial charge on any atom is 0.310 e. The van der Waals surface area contributed by atoms with Gasteiger partial charge in [0.05, 0.1) is 10.3 Å². The van der Waals surface area contributed by atoms with Crippen molar-refractivity contribution in [3.63, 3.8) is 0 Å². The van der Waals surface area contributed by atoms with Gasteiger partial charge in [0.2, 0.25) is 5.91 Å². The fraction of sp³-hybridized carbons (Fsp3) is 0.533. The van der Waals surface area contributed by atoms with E-state index >= 15 is 0 Å². The van der Waals surface area contributed by atoms with Crippen molar-refractivity contribution >= 4 is 29.1 Å². The predicted octanol–water partition coefficient (Wildman–Crippen LogP) is 2.32. The molecule has 0 aromatic carbocycles. The monoisotopic (exact) mass is 324 g/mol.